The third-order valence-electron chi connectivity index (χ3n) is 2.11. The van der Waals surface area contributed by atoms with Crippen LogP contribution in [0, 0.1) is 0 Å². The molecule has 12 heavy (non-hydrogen) atoms. The summed E-state index contributed by atoms with van der Waals surface area (Å²) in [7, 11) is 0. The minimum atomic E-state index is 0.0908. The Kier molecular flexibility index (Phi) is 5.60. The van der Waals surface area contributed by atoms with Crippen LogP contribution >= 0.6 is 11.6 Å². The zero-order valence-electron chi connectivity index (χ0n) is 8.58. The molecule has 0 spiro atoms. The van der Waals surface area contributed by atoms with Crippen molar-refractivity contribution in [3.05, 3.63) is 11.6 Å². The van der Waals surface area contributed by atoms with E-state index in [-0.39, 0.29) is 5.54 Å². The fraction of sp³-hybridized carbons (Fsp3) is 0.800. The molecule has 1 nitrogen and oxygen atoms in total. The lowest BCUT2D eigenvalue weighted by Crippen LogP contribution is -2.43. The molecule has 0 aliphatic heterocycles. The highest BCUT2D eigenvalue weighted by Gasteiger charge is 2.18. The van der Waals surface area contributed by atoms with Gasteiger partial charge in [0.25, 0.3) is 0 Å². The molecule has 0 saturated carbocycles. The van der Waals surface area contributed by atoms with Gasteiger partial charge in [-0.25, -0.2) is 0 Å². The standard InChI is InChI=1S/C10H20ClN/c1-5-10(4,8-11)12-7-6-9(2)3/h6,12H,5,7-8H2,1-4H3. The van der Waals surface area contributed by atoms with E-state index in [9.17, 15) is 0 Å². The number of hydrogen-bond donors (Lipinski definition) is 1. The summed E-state index contributed by atoms with van der Waals surface area (Å²) >= 11 is 5.84. The number of rotatable bonds is 5. The van der Waals surface area contributed by atoms with Crippen LogP contribution in [0.5, 0.6) is 0 Å². The van der Waals surface area contributed by atoms with Gasteiger partial charge in [0.15, 0.2) is 0 Å². The molecule has 72 valence electrons. The first-order chi connectivity index (χ1) is 5.54. The molecule has 1 atom stereocenters. The van der Waals surface area contributed by atoms with Crippen LogP contribution in [-0.2, 0) is 0 Å². The summed E-state index contributed by atoms with van der Waals surface area (Å²) in [4.78, 5) is 0. The van der Waals surface area contributed by atoms with Gasteiger partial charge in [-0.2, -0.15) is 0 Å². The Labute approximate surface area is 81.2 Å². The molecule has 0 saturated heterocycles. The topological polar surface area (TPSA) is 12.0 Å². The monoisotopic (exact) mass is 189 g/mol. The number of nitrogens with one attached hydrogen (secondary N) is 1. The van der Waals surface area contributed by atoms with Crippen molar-refractivity contribution in [1.82, 2.24) is 5.32 Å². The van der Waals surface area contributed by atoms with Gasteiger partial charge in [-0.05, 0) is 27.2 Å². The van der Waals surface area contributed by atoms with Crippen molar-refractivity contribution < 1.29 is 0 Å². The summed E-state index contributed by atoms with van der Waals surface area (Å²) in [5.74, 6) is 0.667. The Morgan fingerprint density at radius 1 is 1.50 bits per heavy atom. The van der Waals surface area contributed by atoms with Crippen molar-refractivity contribution in [2.24, 2.45) is 0 Å². The van der Waals surface area contributed by atoms with Crippen LogP contribution in [0.25, 0.3) is 0 Å². The fourth-order valence-corrected chi connectivity index (χ4v) is 1.05. The van der Waals surface area contributed by atoms with Gasteiger partial charge in [0.05, 0.1) is 0 Å². The molecule has 0 heterocycles. The average Bonchev–Trinajstić information content (AvgIpc) is 2.03. The van der Waals surface area contributed by atoms with E-state index in [2.05, 4.69) is 39.1 Å². The molecule has 2 heteroatoms. The number of halogens is 1. The zero-order valence-corrected chi connectivity index (χ0v) is 9.33. The second-order valence-electron chi connectivity index (χ2n) is 3.71. The Morgan fingerprint density at radius 2 is 2.08 bits per heavy atom. The molecule has 0 radical (unpaired) electrons. The molecule has 0 aliphatic carbocycles. The van der Waals surface area contributed by atoms with Crippen molar-refractivity contribution in [3.63, 3.8) is 0 Å². The Bertz CT molecular complexity index is 144. The lowest BCUT2D eigenvalue weighted by atomic mass is 10.0. The SMILES string of the molecule is CCC(C)(CCl)NCC=C(C)C. The van der Waals surface area contributed by atoms with E-state index < -0.39 is 0 Å². The molecule has 1 N–H and O–H groups in total. The summed E-state index contributed by atoms with van der Waals surface area (Å²) in [6.07, 6.45) is 3.24. The van der Waals surface area contributed by atoms with Crippen LogP contribution in [-0.4, -0.2) is 18.0 Å². The molecule has 0 bridgehead atoms. The molecule has 0 rings (SSSR count). The van der Waals surface area contributed by atoms with Crippen LogP contribution in [0.2, 0.25) is 0 Å². The highest BCUT2D eigenvalue weighted by molar-refractivity contribution is 6.18. The second-order valence-corrected chi connectivity index (χ2v) is 3.98. The molecular weight excluding hydrogens is 170 g/mol. The first-order valence-electron chi connectivity index (χ1n) is 4.48. The van der Waals surface area contributed by atoms with Gasteiger partial charge in [-0.15, -0.1) is 11.6 Å². The predicted molar refractivity (Wildman–Crippen MR) is 56.8 cm³/mol. The van der Waals surface area contributed by atoms with Gasteiger partial charge in [-0.3, -0.25) is 0 Å². The maximum Gasteiger partial charge on any atom is 0.0403 e. The summed E-state index contributed by atoms with van der Waals surface area (Å²) < 4.78 is 0. The van der Waals surface area contributed by atoms with Crippen molar-refractivity contribution in [3.8, 4) is 0 Å². The third-order valence-corrected chi connectivity index (χ3v) is 2.70. The highest BCUT2D eigenvalue weighted by Crippen LogP contribution is 2.10. The van der Waals surface area contributed by atoms with Gasteiger partial charge < -0.3 is 5.32 Å². The van der Waals surface area contributed by atoms with Crippen molar-refractivity contribution in [1.29, 1.82) is 0 Å². The summed E-state index contributed by atoms with van der Waals surface area (Å²) in [6.45, 7) is 9.42. The van der Waals surface area contributed by atoms with E-state index in [4.69, 9.17) is 11.6 Å². The van der Waals surface area contributed by atoms with E-state index in [0.29, 0.717) is 5.88 Å². The fourth-order valence-electron chi connectivity index (χ4n) is 0.768. The van der Waals surface area contributed by atoms with Crippen LogP contribution in [0.3, 0.4) is 0 Å². The normalized spacial score (nSPS) is 15.4. The van der Waals surface area contributed by atoms with Crippen LogP contribution in [0.15, 0.2) is 11.6 Å². The lowest BCUT2D eigenvalue weighted by Gasteiger charge is -2.26. The van der Waals surface area contributed by atoms with Gasteiger partial charge in [0.1, 0.15) is 0 Å². The lowest BCUT2D eigenvalue weighted by molar-refractivity contribution is 0.400. The van der Waals surface area contributed by atoms with E-state index in [1.165, 1.54) is 5.57 Å². The first kappa shape index (κ1) is 12.0. The summed E-state index contributed by atoms with van der Waals surface area (Å²) in [5, 5.41) is 3.42. The van der Waals surface area contributed by atoms with Gasteiger partial charge in [0.2, 0.25) is 0 Å². The molecule has 0 aromatic heterocycles. The van der Waals surface area contributed by atoms with E-state index in [0.717, 1.165) is 13.0 Å². The quantitative estimate of drug-likeness (QED) is 0.518. The van der Waals surface area contributed by atoms with Gasteiger partial charge >= 0.3 is 0 Å². The van der Waals surface area contributed by atoms with Gasteiger partial charge in [-0.1, -0.05) is 18.6 Å². The summed E-state index contributed by atoms with van der Waals surface area (Å²) in [6, 6.07) is 0. The molecule has 0 fully saturated rings. The average molecular weight is 190 g/mol. The molecule has 1 unspecified atom stereocenters. The van der Waals surface area contributed by atoms with Crippen molar-refractivity contribution in [2.75, 3.05) is 12.4 Å². The molecule has 0 aromatic carbocycles. The summed E-state index contributed by atoms with van der Waals surface area (Å²) in [5.41, 5.74) is 1.43. The first-order valence-corrected chi connectivity index (χ1v) is 5.02. The van der Waals surface area contributed by atoms with Crippen molar-refractivity contribution >= 4 is 11.6 Å². The minimum absolute atomic E-state index is 0.0908. The predicted octanol–water partition coefficient (Wildman–Crippen LogP) is 2.95. The Hall–Kier alpha value is -0.0100. The molecule has 0 aromatic rings. The number of hydrogen-bond acceptors (Lipinski definition) is 1. The smallest absolute Gasteiger partial charge is 0.0403 e. The molecular formula is C10H20ClN. The van der Waals surface area contributed by atoms with Crippen LogP contribution in [0.1, 0.15) is 34.1 Å². The van der Waals surface area contributed by atoms with Gasteiger partial charge in [0, 0.05) is 18.0 Å². The minimum Gasteiger partial charge on any atom is -0.307 e. The Balaban J connectivity index is 3.81. The molecule has 0 amide bonds. The van der Waals surface area contributed by atoms with Crippen molar-refractivity contribution in [2.45, 2.75) is 39.7 Å². The number of alkyl halides is 1. The van der Waals surface area contributed by atoms with Crippen LogP contribution in [0.4, 0.5) is 0 Å². The van der Waals surface area contributed by atoms with E-state index in [1.807, 2.05) is 0 Å². The Morgan fingerprint density at radius 3 is 2.42 bits per heavy atom. The molecule has 0 aliphatic rings. The largest absolute Gasteiger partial charge is 0.307 e. The maximum atomic E-state index is 5.84. The van der Waals surface area contributed by atoms with E-state index in [1.54, 1.807) is 0 Å². The van der Waals surface area contributed by atoms with Crippen LogP contribution < -0.4 is 5.32 Å². The van der Waals surface area contributed by atoms with E-state index >= 15 is 0 Å². The third kappa shape index (κ3) is 4.78. The maximum absolute atomic E-state index is 5.84. The second kappa shape index (κ2) is 5.60. The zero-order chi connectivity index (χ0) is 9.61. The number of allylic oxidation sites excluding steroid dienone is 1. The highest BCUT2D eigenvalue weighted by atomic mass is 35.5.